The predicted molar refractivity (Wildman–Crippen MR) is 113 cm³/mol. The van der Waals surface area contributed by atoms with Crippen LogP contribution in [0.2, 0.25) is 0 Å². The number of aliphatic imine (C=N–C) groups is 1. The molecule has 142 valence electrons. The van der Waals surface area contributed by atoms with Gasteiger partial charge < -0.3 is 14.2 Å². The Morgan fingerprint density at radius 1 is 1.11 bits per heavy atom. The van der Waals surface area contributed by atoms with Crippen LogP contribution in [0.25, 0.3) is 5.69 Å². The molecular formula is C22H22N4OS. The van der Waals surface area contributed by atoms with Crippen LogP contribution < -0.4 is 4.74 Å². The number of benzene rings is 1. The highest BCUT2D eigenvalue weighted by Gasteiger charge is 2.43. The van der Waals surface area contributed by atoms with Gasteiger partial charge in [0.15, 0.2) is 5.17 Å². The van der Waals surface area contributed by atoms with Crippen molar-refractivity contribution < 1.29 is 4.74 Å². The maximum Gasteiger partial charge on any atom is 0.160 e. The molecule has 5 rings (SSSR count). The molecule has 0 spiro atoms. The number of aromatic nitrogens is 2. The Bertz CT molecular complexity index is 999. The molecule has 0 radical (unpaired) electrons. The van der Waals surface area contributed by atoms with Gasteiger partial charge in [0.25, 0.3) is 0 Å². The second-order valence-electron chi connectivity index (χ2n) is 7.19. The van der Waals surface area contributed by atoms with Crippen molar-refractivity contribution in [3.63, 3.8) is 0 Å². The van der Waals surface area contributed by atoms with E-state index in [1.807, 2.05) is 42.2 Å². The van der Waals surface area contributed by atoms with E-state index >= 15 is 0 Å². The summed E-state index contributed by atoms with van der Waals surface area (Å²) in [6.07, 6.45) is 6.19. The van der Waals surface area contributed by atoms with Crippen molar-refractivity contribution in [2.45, 2.75) is 24.3 Å². The molecule has 0 bridgehead atoms. The summed E-state index contributed by atoms with van der Waals surface area (Å²) in [5.74, 6) is 0.864. The van der Waals surface area contributed by atoms with E-state index in [2.05, 4.69) is 58.0 Å². The number of hydrogen-bond donors (Lipinski definition) is 0. The molecule has 6 heteroatoms. The van der Waals surface area contributed by atoms with Gasteiger partial charge in [0, 0.05) is 36.1 Å². The number of thioether (sulfide) groups is 1. The molecule has 0 aliphatic carbocycles. The molecule has 1 aromatic carbocycles. The van der Waals surface area contributed by atoms with E-state index in [0.717, 1.165) is 28.8 Å². The summed E-state index contributed by atoms with van der Waals surface area (Å²) in [6.45, 7) is 3.28. The summed E-state index contributed by atoms with van der Waals surface area (Å²) in [4.78, 5) is 12.1. The van der Waals surface area contributed by atoms with Crippen molar-refractivity contribution in [3.8, 4) is 11.4 Å². The zero-order valence-electron chi connectivity index (χ0n) is 15.9. The maximum absolute atomic E-state index is 5.27. The molecule has 1 fully saturated rings. The minimum Gasteiger partial charge on any atom is -0.497 e. The van der Waals surface area contributed by atoms with Crippen molar-refractivity contribution in [1.82, 2.24) is 14.5 Å². The van der Waals surface area contributed by atoms with E-state index in [9.17, 15) is 0 Å². The molecule has 0 unspecified atom stereocenters. The third kappa shape index (κ3) is 2.98. The molecule has 4 heterocycles. The van der Waals surface area contributed by atoms with E-state index in [0.29, 0.717) is 5.25 Å². The molecule has 2 aliphatic heterocycles. The van der Waals surface area contributed by atoms with Gasteiger partial charge >= 0.3 is 0 Å². The molecule has 0 N–H and O–H groups in total. The molecule has 3 atom stereocenters. The summed E-state index contributed by atoms with van der Waals surface area (Å²) in [7, 11) is 1.69. The van der Waals surface area contributed by atoms with Crippen LogP contribution in [-0.4, -0.2) is 38.5 Å². The number of ether oxygens (including phenoxy) is 1. The lowest BCUT2D eigenvalue weighted by Gasteiger charge is -2.26. The summed E-state index contributed by atoms with van der Waals surface area (Å²) in [5, 5.41) is 1.71. The van der Waals surface area contributed by atoms with Gasteiger partial charge in [0.05, 0.1) is 18.8 Å². The average molecular weight is 391 g/mol. The van der Waals surface area contributed by atoms with Crippen LogP contribution in [0.1, 0.15) is 30.3 Å². The lowest BCUT2D eigenvalue weighted by Crippen LogP contribution is -2.28. The SMILES string of the molecule is COc1ccc(-n2ccc([C@@H]3[C@@H](c4ccccn4)N=C4S[C@@H](C)CN43)c2)cc1. The lowest BCUT2D eigenvalue weighted by atomic mass is 9.99. The van der Waals surface area contributed by atoms with Crippen molar-refractivity contribution in [2.24, 2.45) is 4.99 Å². The Balaban J connectivity index is 1.50. The molecular weight excluding hydrogens is 368 g/mol. The highest BCUT2D eigenvalue weighted by molar-refractivity contribution is 8.14. The van der Waals surface area contributed by atoms with Gasteiger partial charge in [-0.1, -0.05) is 24.8 Å². The molecule has 2 aliphatic rings. The number of pyridine rings is 1. The van der Waals surface area contributed by atoms with E-state index in [4.69, 9.17) is 9.73 Å². The number of amidine groups is 1. The lowest BCUT2D eigenvalue weighted by molar-refractivity contribution is 0.321. The molecule has 0 saturated carbocycles. The van der Waals surface area contributed by atoms with E-state index in [-0.39, 0.29) is 12.1 Å². The second-order valence-corrected chi connectivity index (χ2v) is 8.59. The monoisotopic (exact) mass is 390 g/mol. The number of methoxy groups -OCH3 is 1. The average Bonchev–Trinajstić information content (AvgIpc) is 3.43. The number of rotatable bonds is 4. The van der Waals surface area contributed by atoms with Crippen molar-refractivity contribution in [1.29, 1.82) is 0 Å². The Kier molecular flexibility index (Phi) is 4.36. The fourth-order valence-corrected chi connectivity index (χ4v) is 5.07. The Morgan fingerprint density at radius 2 is 1.96 bits per heavy atom. The first-order valence-electron chi connectivity index (χ1n) is 9.47. The van der Waals surface area contributed by atoms with Gasteiger partial charge in [-0.25, -0.2) is 0 Å². The highest BCUT2D eigenvalue weighted by atomic mass is 32.2. The predicted octanol–water partition coefficient (Wildman–Crippen LogP) is 4.47. The molecule has 1 saturated heterocycles. The minimum atomic E-state index is 0.0305. The van der Waals surface area contributed by atoms with E-state index in [1.165, 1.54) is 5.56 Å². The Morgan fingerprint density at radius 3 is 2.71 bits per heavy atom. The van der Waals surface area contributed by atoms with Gasteiger partial charge in [-0.3, -0.25) is 9.98 Å². The van der Waals surface area contributed by atoms with Crippen molar-refractivity contribution in [2.75, 3.05) is 13.7 Å². The fourth-order valence-electron chi connectivity index (χ4n) is 3.98. The normalized spacial score (nSPS) is 23.6. The van der Waals surface area contributed by atoms with E-state index in [1.54, 1.807) is 7.11 Å². The first kappa shape index (κ1) is 17.4. The fraction of sp³-hybridized carbons (Fsp3) is 0.273. The Labute approximate surface area is 169 Å². The van der Waals surface area contributed by atoms with Crippen LogP contribution in [0.15, 0.2) is 72.1 Å². The van der Waals surface area contributed by atoms with Gasteiger partial charge in [-0.2, -0.15) is 0 Å². The highest BCUT2D eigenvalue weighted by Crippen LogP contribution is 2.47. The van der Waals surface area contributed by atoms with Gasteiger partial charge in [-0.15, -0.1) is 0 Å². The number of nitrogens with zero attached hydrogens (tertiary/aromatic N) is 4. The number of hydrogen-bond acceptors (Lipinski definition) is 5. The van der Waals surface area contributed by atoms with Gasteiger partial charge in [0.2, 0.25) is 0 Å². The van der Waals surface area contributed by atoms with Crippen LogP contribution in [-0.2, 0) is 0 Å². The van der Waals surface area contributed by atoms with E-state index < -0.39 is 0 Å². The van der Waals surface area contributed by atoms with Crippen molar-refractivity contribution in [3.05, 3.63) is 78.4 Å². The summed E-state index contributed by atoms with van der Waals surface area (Å²) in [5.41, 5.74) is 3.41. The molecule has 2 aromatic heterocycles. The van der Waals surface area contributed by atoms with Crippen molar-refractivity contribution >= 4 is 16.9 Å². The quantitative estimate of drug-likeness (QED) is 0.659. The zero-order valence-corrected chi connectivity index (χ0v) is 16.7. The van der Waals surface area contributed by atoms with Gasteiger partial charge in [0.1, 0.15) is 11.8 Å². The standard InChI is InChI=1S/C22H22N4OS/c1-15-13-26-21(20(24-22(26)28-15)19-5-3-4-11-23-19)16-10-12-25(14-16)17-6-8-18(27-2)9-7-17/h3-12,14-15,20-21H,13H2,1-2H3/t15-,20+,21+/m0/s1. The van der Waals surface area contributed by atoms with Gasteiger partial charge in [-0.05, 0) is 48.0 Å². The second kappa shape index (κ2) is 7.02. The molecule has 0 amide bonds. The van der Waals surface area contributed by atoms with Crippen LogP contribution in [0.4, 0.5) is 0 Å². The van der Waals surface area contributed by atoms with Crippen LogP contribution in [0.3, 0.4) is 0 Å². The first-order chi connectivity index (χ1) is 13.7. The van der Waals surface area contributed by atoms with Crippen LogP contribution in [0.5, 0.6) is 5.75 Å². The summed E-state index contributed by atoms with van der Waals surface area (Å²) < 4.78 is 7.43. The molecule has 3 aromatic rings. The summed E-state index contributed by atoms with van der Waals surface area (Å²) >= 11 is 1.87. The largest absolute Gasteiger partial charge is 0.497 e. The first-order valence-corrected chi connectivity index (χ1v) is 10.4. The molecule has 5 nitrogen and oxygen atoms in total. The topological polar surface area (TPSA) is 42.6 Å². The Hall–Kier alpha value is -2.73. The third-order valence-corrected chi connectivity index (χ3v) is 6.41. The third-order valence-electron chi connectivity index (χ3n) is 5.31. The maximum atomic E-state index is 5.27. The molecule has 28 heavy (non-hydrogen) atoms. The van der Waals surface area contributed by atoms with Crippen LogP contribution in [0, 0.1) is 0 Å². The number of fused-ring (bicyclic) bond motifs is 1. The smallest absolute Gasteiger partial charge is 0.160 e. The van der Waals surface area contributed by atoms with Crippen LogP contribution >= 0.6 is 11.8 Å². The minimum absolute atomic E-state index is 0.0305. The summed E-state index contributed by atoms with van der Waals surface area (Å²) in [6, 6.07) is 16.6. The zero-order chi connectivity index (χ0) is 19.1.